The predicted molar refractivity (Wildman–Crippen MR) is 100 cm³/mol. The lowest BCUT2D eigenvalue weighted by atomic mass is 9.94. The number of hydrogen-bond acceptors (Lipinski definition) is 3. The van der Waals surface area contributed by atoms with Gasteiger partial charge in [-0.25, -0.2) is 0 Å². The zero-order valence-corrected chi connectivity index (χ0v) is 16.2. The van der Waals surface area contributed by atoms with Crippen LogP contribution in [0, 0.1) is 12.3 Å². The summed E-state index contributed by atoms with van der Waals surface area (Å²) in [5.41, 5.74) is 1.52. The lowest BCUT2D eigenvalue weighted by Gasteiger charge is -2.37. The molecule has 0 unspecified atom stereocenters. The van der Waals surface area contributed by atoms with E-state index in [9.17, 15) is 9.59 Å². The van der Waals surface area contributed by atoms with Crippen molar-refractivity contribution in [2.75, 3.05) is 5.75 Å². The molecule has 1 N–H and O–H groups in total. The summed E-state index contributed by atoms with van der Waals surface area (Å²) in [6.07, 6.45) is 0. The van der Waals surface area contributed by atoms with Gasteiger partial charge in [0.2, 0.25) is 5.91 Å². The Bertz CT molecular complexity index is 622. The van der Waals surface area contributed by atoms with Crippen molar-refractivity contribution in [3.05, 3.63) is 35.4 Å². The zero-order chi connectivity index (χ0) is 18.1. The molecule has 2 amide bonds. The minimum absolute atomic E-state index is 0.0208. The van der Waals surface area contributed by atoms with E-state index in [0.29, 0.717) is 11.3 Å². The van der Waals surface area contributed by atoms with E-state index >= 15 is 0 Å². The first-order valence-corrected chi connectivity index (χ1v) is 9.48. The molecule has 1 aromatic rings. The Morgan fingerprint density at radius 1 is 1.25 bits per heavy atom. The number of aryl methyl sites for hydroxylation is 1. The fourth-order valence-corrected chi connectivity index (χ4v) is 4.54. The zero-order valence-electron chi connectivity index (χ0n) is 15.4. The van der Waals surface area contributed by atoms with Crippen molar-refractivity contribution < 1.29 is 9.59 Å². The molecule has 0 spiro atoms. The van der Waals surface area contributed by atoms with Crippen LogP contribution in [0.1, 0.15) is 50.5 Å². The molecule has 1 aliphatic heterocycles. The van der Waals surface area contributed by atoms with Crippen LogP contribution in [0.3, 0.4) is 0 Å². The van der Waals surface area contributed by atoms with Crippen molar-refractivity contribution in [1.29, 1.82) is 0 Å². The summed E-state index contributed by atoms with van der Waals surface area (Å²) in [5.74, 6) is 0.520. The maximum absolute atomic E-state index is 13.3. The van der Waals surface area contributed by atoms with Gasteiger partial charge < -0.3 is 10.2 Å². The number of amides is 2. The summed E-state index contributed by atoms with van der Waals surface area (Å²) in [6.45, 7) is 12.2. The van der Waals surface area contributed by atoms with E-state index in [1.165, 1.54) is 0 Å². The Kier molecular flexibility index (Phi) is 5.63. The summed E-state index contributed by atoms with van der Waals surface area (Å²) in [5, 5.41) is 2.94. The predicted octanol–water partition coefficient (Wildman–Crippen LogP) is 3.45. The van der Waals surface area contributed by atoms with Gasteiger partial charge in [-0.3, -0.25) is 9.59 Å². The molecule has 4 nitrogen and oxygen atoms in total. The molecule has 2 rings (SSSR count). The number of thioether (sulfide) groups is 1. The molecule has 2 atom stereocenters. The molecule has 5 heteroatoms. The largest absolute Gasteiger partial charge is 0.352 e. The molecule has 1 heterocycles. The maximum Gasteiger partial charge on any atom is 0.255 e. The van der Waals surface area contributed by atoms with Crippen molar-refractivity contribution >= 4 is 23.6 Å². The van der Waals surface area contributed by atoms with Gasteiger partial charge in [-0.05, 0) is 37.8 Å². The molecule has 0 radical (unpaired) electrons. The van der Waals surface area contributed by atoms with E-state index in [1.54, 1.807) is 16.7 Å². The van der Waals surface area contributed by atoms with Gasteiger partial charge in [0.25, 0.3) is 5.91 Å². The monoisotopic (exact) mass is 348 g/mol. The van der Waals surface area contributed by atoms with Gasteiger partial charge in [-0.1, -0.05) is 39.0 Å². The van der Waals surface area contributed by atoms with Crippen LogP contribution in [-0.2, 0) is 4.79 Å². The second-order valence-corrected chi connectivity index (χ2v) is 8.87. The number of nitrogens with zero attached hydrogens (tertiary/aromatic N) is 1. The summed E-state index contributed by atoms with van der Waals surface area (Å²) in [4.78, 5) is 27.7. The van der Waals surface area contributed by atoms with E-state index in [0.717, 1.165) is 5.56 Å². The van der Waals surface area contributed by atoms with Gasteiger partial charge in [0.15, 0.2) is 0 Å². The molecule has 132 valence electrons. The Morgan fingerprint density at radius 2 is 1.88 bits per heavy atom. The van der Waals surface area contributed by atoms with Crippen molar-refractivity contribution in [3.8, 4) is 0 Å². The minimum Gasteiger partial charge on any atom is -0.352 e. The molecule has 0 aromatic heterocycles. The van der Waals surface area contributed by atoms with Gasteiger partial charge in [0, 0.05) is 17.4 Å². The van der Waals surface area contributed by atoms with Gasteiger partial charge >= 0.3 is 0 Å². The van der Waals surface area contributed by atoms with Crippen LogP contribution in [0.15, 0.2) is 24.3 Å². The summed E-state index contributed by atoms with van der Waals surface area (Å²) in [7, 11) is 0. The average molecular weight is 349 g/mol. The Labute approximate surface area is 149 Å². The number of carbonyl (C=O) groups is 2. The van der Waals surface area contributed by atoms with Crippen LogP contribution in [0.25, 0.3) is 0 Å². The first-order chi connectivity index (χ1) is 11.1. The number of hydrogen-bond donors (Lipinski definition) is 1. The van der Waals surface area contributed by atoms with Crippen molar-refractivity contribution in [1.82, 2.24) is 10.2 Å². The Balaban J connectivity index is 2.38. The van der Waals surface area contributed by atoms with Crippen LogP contribution in [0.5, 0.6) is 0 Å². The van der Waals surface area contributed by atoms with E-state index in [4.69, 9.17) is 0 Å². The number of carbonyl (C=O) groups excluding carboxylic acids is 2. The Morgan fingerprint density at radius 3 is 2.42 bits per heavy atom. The normalized spacial score (nSPS) is 21.2. The fraction of sp³-hybridized carbons (Fsp3) is 0.579. The highest BCUT2D eigenvalue weighted by atomic mass is 32.2. The summed E-state index contributed by atoms with van der Waals surface area (Å²) >= 11 is 1.69. The number of rotatable bonds is 3. The van der Waals surface area contributed by atoms with Crippen LogP contribution >= 0.6 is 11.8 Å². The van der Waals surface area contributed by atoms with E-state index in [-0.39, 0.29) is 28.6 Å². The molecule has 1 saturated heterocycles. The van der Waals surface area contributed by atoms with Crippen LogP contribution in [0.2, 0.25) is 0 Å². The summed E-state index contributed by atoms with van der Waals surface area (Å²) in [6, 6.07) is 7.22. The highest BCUT2D eigenvalue weighted by Gasteiger charge is 2.46. The smallest absolute Gasteiger partial charge is 0.255 e. The number of benzene rings is 1. The molecular formula is C19H28N2O2S. The quantitative estimate of drug-likeness (QED) is 0.910. The molecule has 24 heavy (non-hydrogen) atoms. The third-order valence-corrected chi connectivity index (χ3v) is 5.84. The second-order valence-electron chi connectivity index (χ2n) is 7.76. The first-order valence-electron chi connectivity index (χ1n) is 8.43. The highest BCUT2D eigenvalue weighted by Crippen LogP contribution is 2.41. The Hall–Kier alpha value is -1.49. The lowest BCUT2D eigenvalue weighted by molar-refractivity contribution is -0.125. The second kappa shape index (κ2) is 7.18. The third kappa shape index (κ3) is 3.94. The molecule has 0 bridgehead atoms. The van der Waals surface area contributed by atoms with Crippen molar-refractivity contribution in [2.45, 2.75) is 59.0 Å². The highest BCUT2D eigenvalue weighted by molar-refractivity contribution is 8.00. The van der Waals surface area contributed by atoms with Crippen LogP contribution in [0.4, 0.5) is 0 Å². The topological polar surface area (TPSA) is 49.4 Å². The molecular weight excluding hydrogens is 320 g/mol. The van der Waals surface area contributed by atoms with E-state index < -0.39 is 6.04 Å². The minimum atomic E-state index is -0.422. The standard InChI is InChI=1S/C19H28N2O2S/c1-12(2)20-16(22)15-11-24-18(19(4,5)6)21(15)17(23)14-10-8-7-9-13(14)3/h7-10,12,15,18H,11H2,1-6H3,(H,20,22)/t15-,18+/m0/s1. The first kappa shape index (κ1) is 18.8. The van der Waals surface area contributed by atoms with E-state index in [1.807, 2.05) is 45.0 Å². The third-order valence-electron chi connectivity index (χ3n) is 4.08. The molecule has 0 aliphatic carbocycles. The number of nitrogens with one attached hydrogen (secondary N) is 1. The van der Waals surface area contributed by atoms with Gasteiger partial charge in [-0.2, -0.15) is 0 Å². The SMILES string of the molecule is Cc1ccccc1C(=O)N1[C@H](C(=O)NC(C)C)CS[C@@H]1C(C)(C)C. The molecule has 1 aromatic carbocycles. The molecule has 1 fully saturated rings. The van der Waals surface area contributed by atoms with Crippen molar-refractivity contribution in [3.63, 3.8) is 0 Å². The van der Waals surface area contributed by atoms with Gasteiger partial charge in [0.1, 0.15) is 6.04 Å². The van der Waals surface area contributed by atoms with Crippen molar-refractivity contribution in [2.24, 2.45) is 5.41 Å². The fourth-order valence-electron chi connectivity index (χ4n) is 2.96. The lowest BCUT2D eigenvalue weighted by Crippen LogP contribution is -2.53. The van der Waals surface area contributed by atoms with Gasteiger partial charge in [0.05, 0.1) is 5.37 Å². The molecule has 0 saturated carbocycles. The van der Waals surface area contributed by atoms with Crippen LogP contribution < -0.4 is 5.32 Å². The van der Waals surface area contributed by atoms with E-state index in [2.05, 4.69) is 26.1 Å². The van der Waals surface area contributed by atoms with Crippen LogP contribution in [-0.4, -0.2) is 39.9 Å². The summed E-state index contributed by atoms with van der Waals surface area (Å²) < 4.78 is 0. The molecule has 1 aliphatic rings. The van der Waals surface area contributed by atoms with Gasteiger partial charge in [-0.15, -0.1) is 11.8 Å². The average Bonchev–Trinajstić information content (AvgIpc) is 2.91. The maximum atomic E-state index is 13.3.